The Labute approximate surface area is 123 Å². The SMILES string of the molecule is C[Si](C)(C)C1CCC(NC(=O)Cc2ccccn2)CC1. The van der Waals surface area contributed by atoms with Crippen LogP contribution in [0.1, 0.15) is 31.4 Å². The molecule has 0 spiro atoms. The smallest absolute Gasteiger partial charge is 0.226 e. The summed E-state index contributed by atoms with van der Waals surface area (Å²) in [4.78, 5) is 16.2. The zero-order chi connectivity index (χ0) is 14.6. The molecule has 0 saturated heterocycles. The predicted octanol–water partition coefficient (Wildman–Crippen LogP) is 3.39. The molecule has 0 bridgehead atoms. The molecule has 0 atom stereocenters. The van der Waals surface area contributed by atoms with Crippen molar-refractivity contribution in [3.63, 3.8) is 0 Å². The zero-order valence-corrected chi connectivity index (χ0v) is 13.9. The van der Waals surface area contributed by atoms with Crippen molar-refractivity contribution in [3.05, 3.63) is 30.1 Å². The Hall–Kier alpha value is -1.16. The molecule has 1 aliphatic carbocycles. The number of amides is 1. The van der Waals surface area contributed by atoms with E-state index in [0.29, 0.717) is 12.5 Å². The maximum Gasteiger partial charge on any atom is 0.226 e. The first-order valence-corrected chi connectivity index (χ1v) is 11.2. The second kappa shape index (κ2) is 6.53. The Bertz CT molecular complexity index is 434. The van der Waals surface area contributed by atoms with Crippen LogP contribution in [0, 0.1) is 0 Å². The van der Waals surface area contributed by atoms with Crippen LogP contribution in [0.25, 0.3) is 0 Å². The van der Waals surface area contributed by atoms with E-state index >= 15 is 0 Å². The first-order valence-electron chi connectivity index (χ1n) is 7.64. The summed E-state index contributed by atoms with van der Waals surface area (Å²) in [6, 6.07) is 6.08. The van der Waals surface area contributed by atoms with Crippen LogP contribution in [-0.2, 0) is 11.2 Å². The fourth-order valence-electron chi connectivity index (χ4n) is 3.05. The number of pyridine rings is 1. The minimum atomic E-state index is -1.01. The molecule has 1 saturated carbocycles. The van der Waals surface area contributed by atoms with Gasteiger partial charge in [0.15, 0.2) is 0 Å². The summed E-state index contributed by atoms with van der Waals surface area (Å²) in [5.41, 5.74) is 1.77. The van der Waals surface area contributed by atoms with Crippen molar-refractivity contribution >= 4 is 14.0 Å². The molecule has 1 N–H and O–H groups in total. The van der Waals surface area contributed by atoms with Gasteiger partial charge < -0.3 is 5.32 Å². The van der Waals surface area contributed by atoms with E-state index in [0.717, 1.165) is 24.1 Å². The lowest BCUT2D eigenvalue weighted by Gasteiger charge is -2.36. The van der Waals surface area contributed by atoms with Gasteiger partial charge in [-0.15, -0.1) is 0 Å². The van der Waals surface area contributed by atoms with Crippen LogP contribution in [0.2, 0.25) is 25.2 Å². The van der Waals surface area contributed by atoms with Gasteiger partial charge in [0.05, 0.1) is 6.42 Å². The van der Waals surface area contributed by atoms with Gasteiger partial charge in [0.2, 0.25) is 5.91 Å². The molecule has 3 nitrogen and oxygen atoms in total. The van der Waals surface area contributed by atoms with E-state index in [1.807, 2.05) is 18.2 Å². The van der Waals surface area contributed by atoms with Crippen LogP contribution in [0.15, 0.2) is 24.4 Å². The molecule has 1 aliphatic rings. The molecule has 110 valence electrons. The molecule has 1 aromatic rings. The topological polar surface area (TPSA) is 42.0 Å². The number of nitrogens with one attached hydrogen (secondary N) is 1. The lowest BCUT2D eigenvalue weighted by atomic mass is 9.94. The average molecular weight is 290 g/mol. The standard InChI is InChI=1S/C16H26N2OSi/c1-20(2,3)15-9-7-13(8-10-15)18-16(19)12-14-6-4-5-11-17-14/h4-6,11,13,15H,7-10,12H2,1-3H3,(H,18,19). The van der Waals surface area contributed by atoms with Crippen molar-refractivity contribution in [3.8, 4) is 0 Å². The molecule has 0 radical (unpaired) electrons. The van der Waals surface area contributed by atoms with Crippen molar-refractivity contribution in [1.82, 2.24) is 10.3 Å². The van der Waals surface area contributed by atoms with Crippen molar-refractivity contribution in [2.45, 2.75) is 63.3 Å². The lowest BCUT2D eigenvalue weighted by Crippen LogP contribution is -2.41. The monoisotopic (exact) mass is 290 g/mol. The van der Waals surface area contributed by atoms with E-state index < -0.39 is 8.07 Å². The fraction of sp³-hybridized carbons (Fsp3) is 0.625. The number of rotatable bonds is 4. The summed E-state index contributed by atoms with van der Waals surface area (Å²) in [5, 5.41) is 3.18. The van der Waals surface area contributed by atoms with E-state index in [1.165, 1.54) is 12.8 Å². The van der Waals surface area contributed by atoms with Crippen molar-refractivity contribution in [2.75, 3.05) is 0 Å². The molecule has 1 heterocycles. The minimum absolute atomic E-state index is 0.111. The van der Waals surface area contributed by atoms with Gasteiger partial charge in [-0.3, -0.25) is 9.78 Å². The number of hydrogen-bond acceptors (Lipinski definition) is 2. The highest BCUT2D eigenvalue weighted by molar-refractivity contribution is 6.77. The summed E-state index contributed by atoms with van der Waals surface area (Å²) in [5.74, 6) is 0.111. The quantitative estimate of drug-likeness (QED) is 0.864. The molecule has 1 fully saturated rings. The first-order chi connectivity index (χ1) is 9.45. The highest BCUT2D eigenvalue weighted by Crippen LogP contribution is 2.36. The Balaban J connectivity index is 1.77. The Morgan fingerprint density at radius 2 is 1.95 bits per heavy atom. The summed E-state index contributed by atoms with van der Waals surface area (Å²) in [7, 11) is -1.01. The van der Waals surface area contributed by atoms with Gasteiger partial charge in [-0.05, 0) is 30.5 Å². The molecule has 4 heteroatoms. The van der Waals surface area contributed by atoms with Gasteiger partial charge in [-0.25, -0.2) is 0 Å². The van der Waals surface area contributed by atoms with Crippen molar-refractivity contribution in [2.24, 2.45) is 0 Å². The van der Waals surface area contributed by atoms with Gasteiger partial charge in [0.25, 0.3) is 0 Å². The van der Waals surface area contributed by atoms with Crippen LogP contribution < -0.4 is 5.32 Å². The lowest BCUT2D eigenvalue weighted by molar-refractivity contribution is -0.121. The van der Waals surface area contributed by atoms with Gasteiger partial charge in [-0.1, -0.05) is 38.5 Å². The highest BCUT2D eigenvalue weighted by atomic mass is 28.3. The third-order valence-corrected chi connectivity index (χ3v) is 7.41. The molecular formula is C16H26N2OSi. The van der Waals surface area contributed by atoms with E-state index in [9.17, 15) is 4.79 Å². The largest absolute Gasteiger partial charge is 0.353 e. The van der Waals surface area contributed by atoms with Gasteiger partial charge in [0.1, 0.15) is 0 Å². The molecule has 1 aromatic heterocycles. The molecule has 0 aromatic carbocycles. The number of nitrogens with zero attached hydrogens (tertiary/aromatic N) is 1. The minimum Gasteiger partial charge on any atom is -0.353 e. The molecule has 20 heavy (non-hydrogen) atoms. The second-order valence-electron chi connectivity index (χ2n) is 6.98. The second-order valence-corrected chi connectivity index (χ2v) is 12.5. The normalized spacial score (nSPS) is 23.4. The maximum atomic E-state index is 12.0. The average Bonchev–Trinajstić information content (AvgIpc) is 2.39. The van der Waals surface area contributed by atoms with Crippen LogP contribution in [0.5, 0.6) is 0 Å². The van der Waals surface area contributed by atoms with Crippen LogP contribution in [0.3, 0.4) is 0 Å². The summed E-state index contributed by atoms with van der Waals surface area (Å²) in [6.45, 7) is 7.37. The Kier molecular flexibility index (Phi) is 4.97. The van der Waals surface area contributed by atoms with E-state index in [4.69, 9.17) is 0 Å². The maximum absolute atomic E-state index is 12.0. The number of carbonyl (C=O) groups excluding carboxylic acids is 1. The van der Waals surface area contributed by atoms with Gasteiger partial charge >= 0.3 is 0 Å². The van der Waals surface area contributed by atoms with E-state index in [2.05, 4.69) is 29.9 Å². The first kappa shape index (κ1) is 15.2. The summed E-state index contributed by atoms with van der Waals surface area (Å²) >= 11 is 0. The van der Waals surface area contributed by atoms with Crippen LogP contribution in [0.4, 0.5) is 0 Å². The van der Waals surface area contributed by atoms with Crippen LogP contribution in [-0.4, -0.2) is 25.0 Å². The number of aromatic nitrogens is 1. The molecular weight excluding hydrogens is 264 g/mol. The molecule has 0 aliphatic heterocycles. The van der Waals surface area contributed by atoms with Gasteiger partial charge in [0, 0.05) is 26.0 Å². The van der Waals surface area contributed by atoms with Gasteiger partial charge in [-0.2, -0.15) is 0 Å². The zero-order valence-electron chi connectivity index (χ0n) is 12.9. The van der Waals surface area contributed by atoms with E-state index in [-0.39, 0.29) is 5.91 Å². The summed E-state index contributed by atoms with van der Waals surface area (Å²) < 4.78 is 0. The third kappa shape index (κ3) is 4.44. The Morgan fingerprint density at radius 3 is 2.50 bits per heavy atom. The molecule has 0 unspecified atom stereocenters. The Morgan fingerprint density at radius 1 is 1.25 bits per heavy atom. The van der Waals surface area contributed by atoms with Crippen LogP contribution >= 0.6 is 0 Å². The van der Waals surface area contributed by atoms with Crippen molar-refractivity contribution < 1.29 is 4.79 Å². The molecule has 1 amide bonds. The fourth-order valence-corrected chi connectivity index (χ4v) is 5.12. The highest BCUT2D eigenvalue weighted by Gasteiger charge is 2.31. The summed E-state index contributed by atoms with van der Waals surface area (Å²) in [6.07, 6.45) is 6.98. The molecule has 2 rings (SSSR count). The number of carbonyl (C=O) groups is 1. The number of hydrogen-bond donors (Lipinski definition) is 1. The van der Waals surface area contributed by atoms with E-state index in [1.54, 1.807) is 6.20 Å². The van der Waals surface area contributed by atoms with Crippen molar-refractivity contribution in [1.29, 1.82) is 0 Å². The third-order valence-electron chi connectivity index (χ3n) is 4.38. The predicted molar refractivity (Wildman–Crippen MR) is 85.4 cm³/mol.